The standard InChI is InChI=1S/C18H24N4O2S/c1-13-4-6-14(7-5-13)16-20-21-17(25)22(16)10-8-15(23)19-12-18(2)9-3-11-24-18/h4-7H,3,8-12H2,1-2H3,(H,19,23)(H,21,25)/t18-/m0/s1. The third-order valence-corrected chi connectivity index (χ3v) is 4.90. The van der Waals surface area contributed by atoms with Crippen molar-refractivity contribution in [1.29, 1.82) is 0 Å². The summed E-state index contributed by atoms with van der Waals surface area (Å²) in [6, 6.07) is 8.09. The SMILES string of the molecule is Cc1ccc(-c2n[nH]c(=S)n2CCC(=O)NC[C@]2(C)CCCO2)cc1. The molecule has 3 rings (SSSR count). The summed E-state index contributed by atoms with van der Waals surface area (Å²) in [5.41, 5.74) is 1.94. The number of H-pyrrole nitrogens is 1. The van der Waals surface area contributed by atoms with E-state index in [1.807, 2.05) is 42.7 Å². The summed E-state index contributed by atoms with van der Waals surface area (Å²) in [6.45, 7) is 5.90. The van der Waals surface area contributed by atoms with E-state index in [9.17, 15) is 4.79 Å². The number of benzene rings is 1. The highest BCUT2D eigenvalue weighted by Crippen LogP contribution is 2.24. The van der Waals surface area contributed by atoms with Gasteiger partial charge < -0.3 is 10.1 Å². The number of aromatic amines is 1. The molecule has 1 atom stereocenters. The predicted octanol–water partition coefficient (Wildman–Crippen LogP) is 2.99. The maximum Gasteiger partial charge on any atom is 0.221 e. The van der Waals surface area contributed by atoms with Gasteiger partial charge in [-0.25, -0.2) is 0 Å². The summed E-state index contributed by atoms with van der Waals surface area (Å²) in [7, 11) is 0. The molecule has 7 heteroatoms. The monoisotopic (exact) mass is 360 g/mol. The van der Waals surface area contributed by atoms with Crippen molar-refractivity contribution in [2.75, 3.05) is 13.2 Å². The van der Waals surface area contributed by atoms with Crippen molar-refractivity contribution in [2.24, 2.45) is 0 Å². The molecule has 1 saturated heterocycles. The van der Waals surface area contributed by atoms with Crippen LogP contribution < -0.4 is 5.32 Å². The highest BCUT2D eigenvalue weighted by atomic mass is 32.1. The topological polar surface area (TPSA) is 71.9 Å². The average Bonchev–Trinajstić information content (AvgIpc) is 3.19. The van der Waals surface area contributed by atoms with Gasteiger partial charge in [-0.1, -0.05) is 29.8 Å². The largest absolute Gasteiger partial charge is 0.373 e. The number of aryl methyl sites for hydroxylation is 1. The molecule has 1 fully saturated rings. The van der Waals surface area contributed by atoms with Crippen LogP contribution in [0.15, 0.2) is 24.3 Å². The summed E-state index contributed by atoms with van der Waals surface area (Å²) in [5.74, 6) is 0.749. The van der Waals surface area contributed by atoms with Crippen molar-refractivity contribution in [3.05, 3.63) is 34.6 Å². The molecule has 1 aliphatic rings. The van der Waals surface area contributed by atoms with Crippen LogP contribution in [0, 0.1) is 11.7 Å². The van der Waals surface area contributed by atoms with Crippen molar-refractivity contribution >= 4 is 18.1 Å². The van der Waals surface area contributed by atoms with Crippen LogP contribution in [0.4, 0.5) is 0 Å². The second-order valence-corrected chi connectivity index (χ2v) is 7.19. The summed E-state index contributed by atoms with van der Waals surface area (Å²) < 4.78 is 8.09. The molecular formula is C18H24N4O2S. The lowest BCUT2D eigenvalue weighted by Crippen LogP contribution is -2.40. The molecule has 1 aliphatic heterocycles. The molecule has 0 aliphatic carbocycles. The summed E-state index contributed by atoms with van der Waals surface area (Å²) in [5, 5.41) is 10.1. The van der Waals surface area contributed by atoms with Crippen LogP contribution in [0.25, 0.3) is 11.4 Å². The molecule has 6 nitrogen and oxygen atoms in total. The Bertz CT molecular complexity index is 788. The number of rotatable bonds is 6. The number of carbonyl (C=O) groups excluding carboxylic acids is 1. The second kappa shape index (κ2) is 7.49. The fourth-order valence-electron chi connectivity index (χ4n) is 3.01. The van der Waals surface area contributed by atoms with Crippen LogP contribution in [-0.2, 0) is 16.1 Å². The van der Waals surface area contributed by atoms with Gasteiger partial charge in [0.05, 0.1) is 5.60 Å². The molecule has 0 spiro atoms. The Hall–Kier alpha value is -1.99. The zero-order chi connectivity index (χ0) is 17.9. The van der Waals surface area contributed by atoms with Crippen molar-refractivity contribution in [2.45, 2.75) is 45.3 Å². The number of nitrogens with zero attached hydrogens (tertiary/aromatic N) is 2. The van der Waals surface area contributed by atoms with E-state index in [0.29, 0.717) is 24.3 Å². The molecule has 1 aromatic heterocycles. The number of nitrogens with one attached hydrogen (secondary N) is 2. The van der Waals surface area contributed by atoms with Gasteiger partial charge in [-0.2, -0.15) is 5.10 Å². The second-order valence-electron chi connectivity index (χ2n) is 6.80. The first kappa shape index (κ1) is 17.8. The van der Waals surface area contributed by atoms with E-state index in [2.05, 4.69) is 15.5 Å². The highest BCUT2D eigenvalue weighted by Gasteiger charge is 2.29. The minimum atomic E-state index is -0.228. The fourth-order valence-corrected chi connectivity index (χ4v) is 3.24. The van der Waals surface area contributed by atoms with E-state index in [4.69, 9.17) is 17.0 Å². The lowest BCUT2D eigenvalue weighted by molar-refractivity contribution is -0.122. The van der Waals surface area contributed by atoms with Gasteiger partial charge in [-0.15, -0.1) is 0 Å². The van der Waals surface area contributed by atoms with E-state index in [1.54, 1.807) is 0 Å². The van der Waals surface area contributed by atoms with Crippen LogP contribution in [0.2, 0.25) is 0 Å². The summed E-state index contributed by atoms with van der Waals surface area (Å²) in [4.78, 5) is 12.2. The molecule has 1 aromatic carbocycles. The molecule has 0 unspecified atom stereocenters. The zero-order valence-electron chi connectivity index (χ0n) is 14.7. The highest BCUT2D eigenvalue weighted by molar-refractivity contribution is 7.71. The van der Waals surface area contributed by atoms with E-state index in [0.717, 1.165) is 30.8 Å². The fraction of sp³-hybridized carbons (Fsp3) is 0.500. The number of aromatic nitrogens is 3. The van der Waals surface area contributed by atoms with Gasteiger partial charge in [0.2, 0.25) is 5.91 Å². The van der Waals surface area contributed by atoms with E-state index in [1.165, 1.54) is 5.56 Å². The molecule has 2 N–H and O–H groups in total. The Kier molecular flexibility index (Phi) is 5.34. The molecule has 134 valence electrons. The Morgan fingerprint density at radius 3 is 2.88 bits per heavy atom. The minimum Gasteiger partial charge on any atom is -0.373 e. The van der Waals surface area contributed by atoms with Crippen LogP contribution in [0.1, 0.15) is 31.7 Å². The Morgan fingerprint density at radius 1 is 1.44 bits per heavy atom. The first-order valence-electron chi connectivity index (χ1n) is 8.60. The molecule has 2 aromatic rings. The third kappa shape index (κ3) is 4.35. The number of amides is 1. The maximum absolute atomic E-state index is 12.2. The Balaban J connectivity index is 1.61. The van der Waals surface area contributed by atoms with Crippen molar-refractivity contribution in [1.82, 2.24) is 20.1 Å². The van der Waals surface area contributed by atoms with Gasteiger partial charge >= 0.3 is 0 Å². The Labute approximate surface area is 152 Å². The van der Waals surface area contributed by atoms with Crippen LogP contribution in [-0.4, -0.2) is 39.4 Å². The lowest BCUT2D eigenvalue weighted by Gasteiger charge is -2.23. The van der Waals surface area contributed by atoms with Gasteiger partial charge in [-0.05, 0) is 38.9 Å². The lowest BCUT2D eigenvalue weighted by atomic mass is 10.0. The normalized spacial score (nSPS) is 19.9. The van der Waals surface area contributed by atoms with E-state index in [-0.39, 0.29) is 11.5 Å². The molecular weight excluding hydrogens is 336 g/mol. The Morgan fingerprint density at radius 2 is 2.20 bits per heavy atom. The number of ether oxygens (including phenoxy) is 1. The van der Waals surface area contributed by atoms with Gasteiger partial charge in [0.25, 0.3) is 0 Å². The summed E-state index contributed by atoms with van der Waals surface area (Å²) >= 11 is 5.31. The number of hydrogen-bond donors (Lipinski definition) is 2. The predicted molar refractivity (Wildman–Crippen MR) is 98.8 cm³/mol. The third-order valence-electron chi connectivity index (χ3n) is 4.59. The first-order chi connectivity index (χ1) is 12.0. The maximum atomic E-state index is 12.2. The molecule has 0 bridgehead atoms. The average molecular weight is 360 g/mol. The molecule has 25 heavy (non-hydrogen) atoms. The van der Waals surface area contributed by atoms with Gasteiger partial charge in [-0.3, -0.25) is 14.5 Å². The van der Waals surface area contributed by atoms with Crippen molar-refractivity contribution < 1.29 is 9.53 Å². The van der Waals surface area contributed by atoms with E-state index < -0.39 is 0 Å². The first-order valence-corrected chi connectivity index (χ1v) is 9.01. The molecule has 0 saturated carbocycles. The van der Waals surface area contributed by atoms with Gasteiger partial charge in [0.1, 0.15) is 0 Å². The van der Waals surface area contributed by atoms with Crippen LogP contribution in [0.5, 0.6) is 0 Å². The summed E-state index contributed by atoms with van der Waals surface area (Å²) in [6.07, 6.45) is 2.39. The molecule has 0 radical (unpaired) electrons. The molecule has 2 heterocycles. The van der Waals surface area contributed by atoms with Gasteiger partial charge in [0, 0.05) is 31.7 Å². The van der Waals surface area contributed by atoms with E-state index >= 15 is 0 Å². The van der Waals surface area contributed by atoms with Gasteiger partial charge in [0.15, 0.2) is 10.6 Å². The van der Waals surface area contributed by atoms with Crippen molar-refractivity contribution in [3.8, 4) is 11.4 Å². The zero-order valence-corrected chi connectivity index (χ0v) is 15.5. The van der Waals surface area contributed by atoms with Crippen LogP contribution in [0.3, 0.4) is 0 Å². The van der Waals surface area contributed by atoms with Crippen molar-refractivity contribution in [3.63, 3.8) is 0 Å². The van der Waals surface area contributed by atoms with Crippen LogP contribution >= 0.6 is 12.2 Å². The number of carbonyl (C=O) groups is 1. The minimum absolute atomic E-state index is 0.00492. The quantitative estimate of drug-likeness (QED) is 0.777. The number of hydrogen-bond acceptors (Lipinski definition) is 4. The smallest absolute Gasteiger partial charge is 0.221 e. The molecule has 1 amide bonds.